The van der Waals surface area contributed by atoms with Crippen molar-refractivity contribution >= 4 is 28.6 Å². The molecule has 19 heavy (non-hydrogen) atoms. The van der Waals surface area contributed by atoms with Gasteiger partial charge in [-0.1, -0.05) is 6.07 Å². The minimum atomic E-state index is -0.390. The molecule has 2 heterocycles. The van der Waals surface area contributed by atoms with Crippen molar-refractivity contribution in [3.05, 3.63) is 28.6 Å². The molecule has 1 N–H and O–H groups in total. The van der Waals surface area contributed by atoms with Crippen molar-refractivity contribution < 1.29 is 9.90 Å². The number of nitrogens with zero attached hydrogens (tertiary/aromatic N) is 2. The number of amides is 1. The van der Waals surface area contributed by atoms with Gasteiger partial charge < -0.3 is 10.0 Å². The Bertz CT molecular complexity index is 535. The molecule has 0 aromatic carbocycles. The van der Waals surface area contributed by atoms with Gasteiger partial charge in [0.25, 0.3) is 5.91 Å². The number of aliphatic hydroxyl groups is 1. The van der Waals surface area contributed by atoms with Gasteiger partial charge in [-0.3, -0.25) is 4.79 Å². The first-order chi connectivity index (χ1) is 9.08. The van der Waals surface area contributed by atoms with E-state index in [2.05, 4.69) is 4.98 Å². The van der Waals surface area contributed by atoms with Crippen molar-refractivity contribution in [3.8, 4) is 9.88 Å². The number of thiazole rings is 1. The van der Waals surface area contributed by atoms with Gasteiger partial charge in [0, 0.05) is 13.6 Å². The summed E-state index contributed by atoms with van der Waals surface area (Å²) in [5.74, 6) is -0.0408. The van der Waals surface area contributed by atoms with Gasteiger partial charge in [0.05, 0.1) is 17.2 Å². The fourth-order valence-corrected chi connectivity index (χ4v) is 3.27. The van der Waals surface area contributed by atoms with Gasteiger partial charge in [-0.25, -0.2) is 4.98 Å². The van der Waals surface area contributed by atoms with Crippen molar-refractivity contribution in [1.82, 2.24) is 9.88 Å². The number of hydrogen-bond donors (Lipinski definition) is 1. The Kier molecular flexibility index (Phi) is 4.68. The molecule has 0 saturated heterocycles. The molecule has 0 aliphatic carbocycles. The lowest BCUT2D eigenvalue weighted by Crippen LogP contribution is -2.28. The molecule has 2 aromatic rings. The van der Waals surface area contributed by atoms with Crippen LogP contribution >= 0.6 is 22.7 Å². The van der Waals surface area contributed by atoms with Gasteiger partial charge in [-0.05, 0) is 24.8 Å². The van der Waals surface area contributed by atoms with Crippen molar-refractivity contribution in [2.45, 2.75) is 19.4 Å². The van der Waals surface area contributed by atoms with Crippen LogP contribution in [0.2, 0.25) is 0 Å². The number of aromatic nitrogens is 1. The summed E-state index contributed by atoms with van der Waals surface area (Å²) in [5.41, 5.74) is 0. The summed E-state index contributed by atoms with van der Waals surface area (Å²) in [6, 6.07) is 3.96. The van der Waals surface area contributed by atoms with Crippen LogP contribution in [0.15, 0.2) is 23.7 Å². The average Bonchev–Trinajstić information content (AvgIpc) is 3.04. The summed E-state index contributed by atoms with van der Waals surface area (Å²) < 4.78 is 0. The Hall–Kier alpha value is -1.24. The number of thiophene rings is 1. The molecule has 102 valence electrons. The maximum atomic E-state index is 12.2. The molecule has 0 spiro atoms. The standard InChI is InChI=1S/C13H16N2O2S2/c1-9(16)5-6-15(2)13(17)11-8-14-12(19-11)10-4-3-7-18-10/h3-4,7-9,16H,5-6H2,1-2H3. The molecule has 1 amide bonds. The van der Waals surface area contributed by atoms with Gasteiger partial charge in [0.1, 0.15) is 9.88 Å². The van der Waals surface area contributed by atoms with Crippen LogP contribution in [0.3, 0.4) is 0 Å². The zero-order chi connectivity index (χ0) is 13.8. The lowest BCUT2D eigenvalue weighted by Gasteiger charge is -2.16. The van der Waals surface area contributed by atoms with E-state index in [1.54, 1.807) is 36.4 Å². The van der Waals surface area contributed by atoms with Crippen LogP contribution in [0.4, 0.5) is 0 Å². The largest absolute Gasteiger partial charge is 0.393 e. The highest BCUT2D eigenvalue weighted by Crippen LogP contribution is 2.29. The normalized spacial score (nSPS) is 12.4. The summed E-state index contributed by atoms with van der Waals surface area (Å²) in [6.45, 7) is 2.27. The van der Waals surface area contributed by atoms with Gasteiger partial charge in [0.2, 0.25) is 0 Å². The van der Waals surface area contributed by atoms with E-state index in [1.165, 1.54) is 11.3 Å². The maximum Gasteiger partial charge on any atom is 0.265 e. The van der Waals surface area contributed by atoms with Crippen molar-refractivity contribution in [2.75, 3.05) is 13.6 Å². The third kappa shape index (κ3) is 3.62. The monoisotopic (exact) mass is 296 g/mol. The second-order valence-corrected chi connectivity index (χ2v) is 6.35. The van der Waals surface area contributed by atoms with E-state index >= 15 is 0 Å². The lowest BCUT2D eigenvalue weighted by atomic mass is 10.3. The number of carbonyl (C=O) groups excluding carboxylic acids is 1. The van der Waals surface area contributed by atoms with Crippen LogP contribution in [0.25, 0.3) is 9.88 Å². The van der Waals surface area contributed by atoms with Crippen LogP contribution in [0.5, 0.6) is 0 Å². The number of rotatable bonds is 5. The Labute approximate surface area is 120 Å². The first-order valence-electron chi connectivity index (χ1n) is 6.01. The summed E-state index contributed by atoms with van der Waals surface area (Å²) in [6.07, 6.45) is 1.82. The van der Waals surface area contributed by atoms with Gasteiger partial charge in [-0.2, -0.15) is 0 Å². The second-order valence-electron chi connectivity index (χ2n) is 4.37. The topological polar surface area (TPSA) is 53.4 Å². The summed E-state index contributed by atoms with van der Waals surface area (Å²) in [4.78, 5) is 19.8. The van der Waals surface area contributed by atoms with Gasteiger partial charge >= 0.3 is 0 Å². The zero-order valence-corrected chi connectivity index (χ0v) is 12.5. The number of carbonyl (C=O) groups is 1. The Balaban J connectivity index is 2.04. The van der Waals surface area contributed by atoms with Crippen LogP contribution in [0.1, 0.15) is 23.0 Å². The molecular weight excluding hydrogens is 280 g/mol. The first kappa shape index (κ1) is 14.2. The maximum absolute atomic E-state index is 12.2. The quantitative estimate of drug-likeness (QED) is 0.923. The molecule has 0 bridgehead atoms. The van der Waals surface area contributed by atoms with E-state index in [0.29, 0.717) is 17.8 Å². The summed E-state index contributed by atoms with van der Waals surface area (Å²) in [7, 11) is 1.75. The predicted molar refractivity (Wildman–Crippen MR) is 78.7 cm³/mol. The highest BCUT2D eigenvalue weighted by atomic mass is 32.1. The third-order valence-electron chi connectivity index (χ3n) is 2.68. The Morgan fingerprint density at radius 2 is 2.37 bits per heavy atom. The van der Waals surface area contributed by atoms with E-state index in [1.807, 2.05) is 17.5 Å². The SMILES string of the molecule is CC(O)CCN(C)C(=O)c1cnc(-c2cccs2)s1. The number of hydrogen-bond acceptors (Lipinski definition) is 5. The van der Waals surface area contributed by atoms with E-state index < -0.39 is 6.10 Å². The number of aliphatic hydroxyl groups excluding tert-OH is 1. The molecule has 1 unspecified atom stereocenters. The Morgan fingerprint density at radius 1 is 1.58 bits per heavy atom. The second kappa shape index (κ2) is 6.27. The fraction of sp³-hybridized carbons (Fsp3) is 0.385. The van der Waals surface area contributed by atoms with Crippen LogP contribution in [0, 0.1) is 0 Å². The first-order valence-corrected chi connectivity index (χ1v) is 7.71. The molecule has 4 nitrogen and oxygen atoms in total. The minimum Gasteiger partial charge on any atom is -0.393 e. The minimum absolute atomic E-state index is 0.0408. The van der Waals surface area contributed by atoms with Crippen LogP contribution in [-0.2, 0) is 0 Å². The average molecular weight is 296 g/mol. The van der Waals surface area contributed by atoms with E-state index in [0.717, 1.165) is 9.88 Å². The zero-order valence-electron chi connectivity index (χ0n) is 10.9. The summed E-state index contributed by atoms with van der Waals surface area (Å²) in [5, 5.41) is 12.1. The molecule has 2 aromatic heterocycles. The fourth-order valence-electron chi connectivity index (χ4n) is 1.56. The van der Waals surface area contributed by atoms with Gasteiger partial charge in [-0.15, -0.1) is 22.7 Å². The van der Waals surface area contributed by atoms with Crippen molar-refractivity contribution in [3.63, 3.8) is 0 Å². The Morgan fingerprint density at radius 3 is 3.00 bits per heavy atom. The van der Waals surface area contributed by atoms with Crippen LogP contribution in [-0.4, -0.2) is 40.6 Å². The van der Waals surface area contributed by atoms with E-state index in [-0.39, 0.29) is 5.91 Å². The third-order valence-corrected chi connectivity index (χ3v) is 4.70. The van der Waals surface area contributed by atoms with E-state index in [9.17, 15) is 9.90 Å². The van der Waals surface area contributed by atoms with E-state index in [4.69, 9.17) is 0 Å². The molecule has 0 aliphatic heterocycles. The van der Waals surface area contributed by atoms with Crippen molar-refractivity contribution in [1.29, 1.82) is 0 Å². The smallest absolute Gasteiger partial charge is 0.265 e. The lowest BCUT2D eigenvalue weighted by molar-refractivity contribution is 0.0773. The summed E-state index contributed by atoms with van der Waals surface area (Å²) >= 11 is 3.02. The van der Waals surface area contributed by atoms with Crippen LogP contribution < -0.4 is 0 Å². The predicted octanol–water partition coefficient (Wildman–Crippen LogP) is 2.71. The molecule has 0 fully saturated rings. The molecule has 0 radical (unpaired) electrons. The molecule has 0 aliphatic rings. The molecule has 0 saturated carbocycles. The van der Waals surface area contributed by atoms with Crippen molar-refractivity contribution in [2.24, 2.45) is 0 Å². The molecule has 6 heteroatoms. The highest BCUT2D eigenvalue weighted by molar-refractivity contribution is 7.21. The molecular formula is C13H16N2O2S2. The molecule has 2 rings (SSSR count). The molecule has 1 atom stereocenters. The van der Waals surface area contributed by atoms with Gasteiger partial charge in [0.15, 0.2) is 0 Å². The highest BCUT2D eigenvalue weighted by Gasteiger charge is 2.16.